The number of benzene rings is 3. The van der Waals surface area contributed by atoms with E-state index in [1.807, 2.05) is 18.2 Å². The predicted molar refractivity (Wildman–Crippen MR) is 114 cm³/mol. The minimum atomic E-state index is -0.166. The van der Waals surface area contributed by atoms with E-state index in [9.17, 15) is 10.2 Å². The fourth-order valence-electron chi connectivity index (χ4n) is 3.65. The monoisotopic (exact) mass is 362 g/mol. The minimum absolute atomic E-state index is 0.166. The van der Waals surface area contributed by atoms with Crippen LogP contribution in [0.15, 0.2) is 48.5 Å². The molecule has 0 fully saturated rings. The molecule has 0 bridgehead atoms. The molecule has 0 amide bonds. The third kappa shape index (κ3) is 3.80. The van der Waals surface area contributed by atoms with Crippen LogP contribution in [0, 0.1) is 0 Å². The second kappa shape index (κ2) is 6.60. The molecule has 0 radical (unpaired) electrons. The van der Waals surface area contributed by atoms with Gasteiger partial charge in [0.2, 0.25) is 0 Å². The van der Waals surface area contributed by atoms with E-state index in [0.717, 1.165) is 33.0 Å². The summed E-state index contributed by atoms with van der Waals surface area (Å²) >= 11 is 0. The van der Waals surface area contributed by atoms with Crippen molar-refractivity contribution in [2.75, 3.05) is 0 Å². The first-order valence-electron chi connectivity index (χ1n) is 9.55. The first-order chi connectivity index (χ1) is 12.5. The first-order valence-corrected chi connectivity index (χ1v) is 9.55. The van der Waals surface area contributed by atoms with Crippen LogP contribution in [0.3, 0.4) is 0 Å². The van der Waals surface area contributed by atoms with Crippen molar-refractivity contribution in [3.8, 4) is 11.5 Å². The van der Waals surface area contributed by atoms with Gasteiger partial charge in [-0.3, -0.25) is 0 Å². The lowest BCUT2D eigenvalue weighted by molar-refractivity contribution is 0.423. The van der Waals surface area contributed by atoms with Crippen molar-refractivity contribution < 1.29 is 10.2 Å². The van der Waals surface area contributed by atoms with Crippen LogP contribution in [0.5, 0.6) is 11.5 Å². The van der Waals surface area contributed by atoms with E-state index in [0.29, 0.717) is 17.9 Å². The van der Waals surface area contributed by atoms with Crippen LogP contribution in [0.2, 0.25) is 0 Å². The molecule has 3 aromatic rings. The Bertz CT molecular complexity index is 950. The lowest BCUT2D eigenvalue weighted by Gasteiger charge is -2.28. The molecule has 2 N–H and O–H groups in total. The predicted octanol–water partition coefficient (Wildman–Crippen LogP) is 6.44. The zero-order chi connectivity index (χ0) is 20.0. The normalized spacial score (nSPS) is 12.5. The summed E-state index contributed by atoms with van der Waals surface area (Å²) in [6.07, 6.45) is 0.625. The van der Waals surface area contributed by atoms with Crippen molar-refractivity contribution in [2.45, 2.75) is 58.8 Å². The maximum Gasteiger partial charge on any atom is 0.123 e. The number of hydrogen-bond acceptors (Lipinski definition) is 2. The Balaban J connectivity index is 2.20. The van der Waals surface area contributed by atoms with Crippen LogP contribution < -0.4 is 0 Å². The van der Waals surface area contributed by atoms with Crippen molar-refractivity contribution >= 4 is 10.8 Å². The quantitative estimate of drug-likeness (QED) is 0.551. The Labute approximate surface area is 162 Å². The van der Waals surface area contributed by atoms with Crippen molar-refractivity contribution in [3.63, 3.8) is 0 Å². The standard InChI is InChI=1S/C25H30O2/c1-24(2,3)20-14-16(15-21(23(20)27)25(4,5)6)13-19-18-10-8-7-9-17(18)11-12-22(19)26/h7-12,14-15,26-27H,13H2,1-6H3. The molecule has 0 aromatic heterocycles. The molecule has 0 atom stereocenters. The molecule has 0 aliphatic heterocycles. The Morgan fingerprint density at radius 3 is 1.85 bits per heavy atom. The zero-order valence-electron chi connectivity index (χ0n) is 17.2. The van der Waals surface area contributed by atoms with Gasteiger partial charge in [-0.05, 0) is 44.4 Å². The minimum Gasteiger partial charge on any atom is -0.508 e. The molecular formula is C25H30O2. The average molecular weight is 363 g/mol. The first kappa shape index (κ1) is 19.3. The third-order valence-electron chi connectivity index (χ3n) is 5.18. The summed E-state index contributed by atoms with van der Waals surface area (Å²) in [6.45, 7) is 12.7. The molecule has 2 nitrogen and oxygen atoms in total. The van der Waals surface area contributed by atoms with E-state index < -0.39 is 0 Å². The number of fused-ring (bicyclic) bond motifs is 1. The second-order valence-electron chi connectivity index (χ2n) is 9.50. The summed E-state index contributed by atoms with van der Waals surface area (Å²) in [4.78, 5) is 0. The largest absolute Gasteiger partial charge is 0.508 e. The number of phenolic OH excluding ortho intramolecular Hbond substituents is 2. The highest BCUT2D eigenvalue weighted by Gasteiger charge is 2.26. The van der Waals surface area contributed by atoms with E-state index >= 15 is 0 Å². The molecule has 3 rings (SSSR count). The fraction of sp³-hybridized carbons (Fsp3) is 0.360. The molecule has 0 saturated carbocycles. The van der Waals surface area contributed by atoms with Gasteiger partial charge in [0.1, 0.15) is 11.5 Å². The van der Waals surface area contributed by atoms with Gasteiger partial charge in [0.25, 0.3) is 0 Å². The van der Waals surface area contributed by atoms with Crippen LogP contribution in [-0.2, 0) is 17.3 Å². The van der Waals surface area contributed by atoms with Crippen LogP contribution in [0.4, 0.5) is 0 Å². The van der Waals surface area contributed by atoms with Crippen LogP contribution >= 0.6 is 0 Å². The Morgan fingerprint density at radius 2 is 1.30 bits per heavy atom. The number of aromatic hydroxyl groups is 2. The van der Waals surface area contributed by atoms with Gasteiger partial charge in [0, 0.05) is 12.0 Å². The third-order valence-corrected chi connectivity index (χ3v) is 5.18. The van der Waals surface area contributed by atoms with Crippen molar-refractivity contribution in [3.05, 3.63) is 70.8 Å². The van der Waals surface area contributed by atoms with E-state index in [1.165, 1.54) is 0 Å². The maximum atomic E-state index is 10.9. The fourth-order valence-corrected chi connectivity index (χ4v) is 3.65. The number of phenols is 2. The smallest absolute Gasteiger partial charge is 0.123 e. The van der Waals surface area contributed by atoms with E-state index in [4.69, 9.17) is 0 Å². The summed E-state index contributed by atoms with van der Waals surface area (Å²) in [7, 11) is 0. The molecule has 0 aliphatic rings. The number of hydrogen-bond donors (Lipinski definition) is 2. The molecule has 2 heteroatoms. The van der Waals surface area contributed by atoms with E-state index in [1.54, 1.807) is 6.07 Å². The Kier molecular flexibility index (Phi) is 4.71. The highest BCUT2D eigenvalue weighted by molar-refractivity contribution is 5.88. The summed E-state index contributed by atoms with van der Waals surface area (Å²) in [5, 5.41) is 23.7. The van der Waals surface area contributed by atoms with Gasteiger partial charge < -0.3 is 10.2 Å². The summed E-state index contributed by atoms with van der Waals surface area (Å²) in [5.74, 6) is 0.706. The lowest BCUT2D eigenvalue weighted by atomic mass is 9.78. The van der Waals surface area contributed by atoms with Gasteiger partial charge in [-0.2, -0.15) is 0 Å². The van der Waals surface area contributed by atoms with Crippen molar-refractivity contribution in [1.29, 1.82) is 0 Å². The Hall–Kier alpha value is -2.48. The van der Waals surface area contributed by atoms with E-state index in [2.05, 4.69) is 65.8 Å². The zero-order valence-corrected chi connectivity index (χ0v) is 17.2. The summed E-state index contributed by atoms with van der Waals surface area (Å²) in [5.41, 5.74) is 3.60. The second-order valence-corrected chi connectivity index (χ2v) is 9.50. The molecule has 142 valence electrons. The van der Waals surface area contributed by atoms with Gasteiger partial charge in [-0.15, -0.1) is 0 Å². The molecule has 27 heavy (non-hydrogen) atoms. The van der Waals surface area contributed by atoms with Gasteiger partial charge in [-0.25, -0.2) is 0 Å². The lowest BCUT2D eigenvalue weighted by Crippen LogP contribution is -2.18. The molecule has 3 aromatic carbocycles. The van der Waals surface area contributed by atoms with Crippen molar-refractivity contribution in [1.82, 2.24) is 0 Å². The molecule has 0 spiro atoms. The Morgan fingerprint density at radius 1 is 0.741 bits per heavy atom. The molecular weight excluding hydrogens is 332 g/mol. The van der Waals surface area contributed by atoms with Crippen LogP contribution in [0.25, 0.3) is 10.8 Å². The summed E-state index contributed by atoms with van der Waals surface area (Å²) in [6, 6.07) is 16.0. The SMILES string of the molecule is CC(C)(C)c1cc(Cc2c(O)ccc3ccccc23)cc(C(C)(C)C)c1O. The average Bonchev–Trinajstić information content (AvgIpc) is 2.56. The molecule has 0 aliphatic carbocycles. The topological polar surface area (TPSA) is 40.5 Å². The highest BCUT2D eigenvalue weighted by Crippen LogP contribution is 2.41. The maximum absolute atomic E-state index is 10.9. The van der Waals surface area contributed by atoms with Gasteiger partial charge in [-0.1, -0.05) is 84.0 Å². The molecule has 0 unspecified atom stereocenters. The molecule has 0 saturated heterocycles. The highest BCUT2D eigenvalue weighted by atomic mass is 16.3. The van der Waals surface area contributed by atoms with Crippen molar-refractivity contribution in [2.24, 2.45) is 0 Å². The van der Waals surface area contributed by atoms with Crippen LogP contribution in [-0.4, -0.2) is 10.2 Å². The van der Waals surface area contributed by atoms with Gasteiger partial charge in [0.05, 0.1) is 0 Å². The van der Waals surface area contributed by atoms with Gasteiger partial charge in [0.15, 0.2) is 0 Å². The van der Waals surface area contributed by atoms with Crippen LogP contribution in [0.1, 0.15) is 63.8 Å². The van der Waals surface area contributed by atoms with E-state index in [-0.39, 0.29) is 10.8 Å². The molecule has 0 heterocycles. The summed E-state index contributed by atoms with van der Waals surface area (Å²) < 4.78 is 0. The van der Waals surface area contributed by atoms with Gasteiger partial charge >= 0.3 is 0 Å². The number of rotatable bonds is 2.